The highest BCUT2D eigenvalue weighted by Gasteiger charge is 2.36. The molecule has 1 aromatic rings. The summed E-state index contributed by atoms with van der Waals surface area (Å²) >= 11 is 0. The fraction of sp³-hybridized carbons (Fsp3) is 0.562. The quantitative estimate of drug-likeness (QED) is 0.914. The molecular formula is C16H22N2O3S. The van der Waals surface area contributed by atoms with Crippen LogP contribution in [0.1, 0.15) is 36.0 Å². The minimum Gasteiger partial charge on any atom is -0.348 e. The van der Waals surface area contributed by atoms with Gasteiger partial charge in [0.25, 0.3) is 5.91 Å². The largest absolute Gasteiger partial charge is 0.348 e. The molecule has 1 aromatic carbocycles. The first-order valence-electron chi connectivity index (χ1n) is 7.81. The SMILES string of the molecule is CS(=O)(=O)c1ccccc1C(=O)N[C@@H]1CCN2CCCC[C@@H]12. The van der Waals surface area contributed by atoms with Gasteiger partial charge < -0.3 is 5.32 Å². The molecule has 2 atom stereocenters. The molecule has 22 heavy (non-hydrogen) atoms. The Kier molecular flexibility index (Phi) is 4.23. The lowest BCUT2D eigenvalue weighted by molar-refractivity contribution is 0.0912. The van der Waals surface area contributed by atoms with E-state index in [-0.39, 0.29) is 22.4 Å². The van der Waals surface area contributed by atoms with E-state index in [2.05, 4.69) is 10.2 Å². The van der Waals surface area contributed by atoms with Gasteiger partial charge in [0.2, 0.25) is 0 Å². The van der Waals surface area contributed by atoms with Crippen molar-refractivity contribution >= 4 is 15.7 Å². The summed E-state index contributed by atoms with van der Waals surface area (Å²) < 4.78 is 23.7. The molecule has 120 valence electrons. The van der Waals surface area contributed by atoms with E-state index >= 15 is 0 Å². The molecule has 0 radical (unpaired) electrons. The first-order valence-corrected chi connectivity index (χ1v) is 9.70. The Morgan fingerprint density at radius 3 is 2.73 bits per heavy atom. The number of piperidine rings is 1. The fourth-order valence-corrected chi connectivity index (χ4v) is 4.53. The topological polar surface area (TPSA) is 66.5 Å². The Balaban J connectivity index is 1.78. The van der Waals surface area contributed by atoms with Crippen LogP contribution in [0, 0.1) is 0 Å². The summed E-state index contributed by atoms with van der Waals surface area (Å²) in [7, 11) is -3.41. The molecule has 2 fully saturated rings. The van der Waals surface area contributed by atoms with E-state index in [0.717, 1.165) is 32.2 Å². The maximum absolute atomic E-state index is 12.5. The summed E-state index contributed by atoms with van der Waals surface area (Å²) in [5.74, 6) is -0.279. The Labute approximate surface area is 131 Å². The van der Waals surface area contributed by atoms with Crippen molar-refractivity contribution in [2.75, 3.05) is 19.3 Å². The summed E-state index contributed by atoms with van der Waals surface area (Å²) in [6.07, 6.45) is 5.62. The smallest absolute Gasteiger partial charge is 0.252 e. The summed E-state index contributed by atoms with van der Waals surface area (Å²) in [5.41, 5.74) is 0.249. The molecule has 0 bridgehead atoms. The van der Waals surface area contributed by atoms with Gasteiger partial charge in [-0.25, -0.2) is 8.42 Å². The zero-order valence-corrected chi connectivity index (χ0v) is 13.6. The van der Waals surface area contributed by atoms with Gasteiger partial charge in [-0.3, -0.25) is 9.69 Å². The molecule has 2 aliphatic heterocycles. The summed E-state index contributed by atoms with van der Waals surface area (Å²) in [4.78, 5) is 15.1. The number of carbonyl (C=O) groups excluding carboxylic acids is 1. The van der Waals surface area contributed by atoms with Crippen LogP contribution in [-0.4, -0.2) is 50.7 Å². The lowest BCUT2D eigenvalue weighted by Gasteiger charge is -2.32. The van der Waals surface area contributed by atoms with E-state index in [4.69, 9.17) is 0 Å². The molecule has 2 saturated heterocycles. The molecule has 0 saturated carbocycles. The van der Waals surface area contributed by atoms with E-state index in [9.17, 15) is 13.2 Å². The van der Waals surface area contributed by atoms with Crippen molar-refractivity contribution < 1.29 is 13.2 Å². The molecule has 6 heteroatoms. The Bertz CT molecular complexity index is 672. The molecule has 2 heterocycles. The monoisotopic (exact) mass is 322 g/mol. The Hall–Kier alpha value is -1.40. The zero-order valence-electron chi connectivity index (χ0n) is 12.8. The third-order valence-corrected chi connectivity index (χ3v) is 5.86. The van der Waals surface area contributed by atoms with Gasteiger partial charge in [0.05, 0.1) is 10.5 Å². The number of benzene rings is 1. The van der Waals surface area contributed by atoms with Crippen LogP contribution >= 0.6 is 0 Å². The summed E-state index contributed by atoms with van der Waals surface area (Å²) in [6, 6.07) is 6.95. The number of fused-ring (bicyclic) bond motifs is 1. The fourth-order valence-electron chi connectivity index (χ4n) is 3.64. The number of hydrogen-bond acceptors (Lipinski definition) is 4. The average Bonchev–Trinajstić information content (AvgIpc) is 2.90. The molecule has 1 N–H and O–H groups in total. The van der Waals surface area contributed by atoms with Gasteiger partial charge in [0, 0.05) is 24.9 Å². The Morgan fingerprint density at radius 2 is 1.95 bits per heavy atom. The van der Waals surface area contributed by atoms with Crippen LogP contribution < -0.4 is 5.32 Å². The zero-order chi connectivity index (χ0) is 15.7. The highest BCUT2D eigenvalue weighted by molar-refractivity contribution is 7.90. The maximum Gasteiger partial charge on any atom is 0.252 e. The van der Waals surface area contributed by atoms with Crippen molar-refractivity contribution in [1.82, 2.24) is 10.2 Å². The second-order valence-electron chi connectivity index (χ2n) is 6.24. The van der Waals surface area contributed by atoms with Crippen LogP contribution in [-0.2, 0) is 9.84 Å². The van der Waals surface area contributed by atoms with Crippen LogP contribution in [0.3, 0.4) is 0 Å². The van der Waals surface area contributed by atoms with Crippen molar-refractivity contribution in [3.05, 3.63) is 29.8 Å². The molecule has 2 aliphatic rings. The lowest BCUT2D eigenvalue weighted by atomic mass is 9.99. The van der Waals surface area contributed by atoms with Crippen LogP contribution in [0.4, 0.5) is 0 Å². The maximum atomic E-state index is 12.5. The van der Waals surface area contributed by atoms with E-state index in [0.29, 0.717) is 6.04 Å². The van der Waals surface area contributed by atoms with Crippen LogP contribution in [0.15, 0.2) is 29.2 Å². The lowest BCUT2D eigenvalue weighted by Crippen LogP contribution is -2.47. The molecule has 0 aliphatic carbocycles. The number of amides is 1. The first kappa shape index (κ1) is 15.5. The van der Waals surface area contributed by atoms with Gasteiger partial charge in [-0.15, -0.1) is 0 Å². The molecule has 5 nitrogen and oxygen atoms in total. The van der Waals surface area contributed by atoms with E-state index < -0.39 is 9.84 Å². The molecule has 3 rings (SSSR count). The number of sulfone groups is 1. The standard InChI is InChI=1S/C16H22N2O3S/c1-22(20,21)15-8-3-2-6-12(15)16(19)17-13-9-11-18-10-5-4-7-14(13)18/h2-3,6,8,13-14H,4-5,7,9-11H2,1H3,(H,17,19)/t13-,14+/m1/s1. The highest BCUT2D eigenvalue weighted by atomic mass is 32.2. The summed E-state index contributed by atoms with van der Waals surface area (Å²) in [6.45, 7) is 2.13. The van der Waals surface area contributed by atoms with E-state index in [1.165, 1.54) is 18.9 Å². The number of rotatable bonds is 3. The first-order chi connectivity index (χ1) is 10.5. The molecule has 0 aromatic heterocycles. The van der Waals surface area contributed by atoms with Gasteiger partial charge in [-0.05, 0) is 37.9 Å². The van der Waals surface area contributed by atoms with Crippen molar-refractivity contribution in [2.45, 2.75) is 42.7 Å². The highest BCUT2D eigenvalue weighted by Crippen LogP contribution is 2.27. The number of nitrogens with zero attached hydrogens (tertiary/aromatic N) is 1. The van der Waals surface area contributed by atoms with Crippen molar-refractivity contribution in [2.24, 2.45) is 0 Å². The molecule has 0 spiro atoms. The third kappa shape index (κ3) is 3.03. The van der Waals surface area contributed by atoms with Crippen molar-refractivity contribution in [1.29, 1.82) is 0 Å². The third-order valence-electron chi connectivity index (χ3n) is 4.70. The minimum absolute atomic E-state index is 0.103. The normalized spacial score (nSPS) is 25.7. The van der Waals surface area contributed by atoms with Crippen LogP contribution in [0.2, 0.25) is 0 Å². The number of carbonyl (C=O) groups is 1. The molecule has 0 unspecified atom stereocenters. The van der Waals surface area contributed by atoms with E-state index in [1.54, 1.807) is 18.2 Å². The van der Waals surface area contributed by atoms with Gasteiger partial charge in [-0.1, -0.05) is 18.6 Å². The number of hydrogen-bond donors (Lipinski definition) is 1. The second kappa shape index (κ2) is 6.01. The van der Waals surface area contributed by atoms with Gasteiger partial charge >= 0.3 is 0 Å². The van der Waals surface area contributed by atoms with Crippen molar-refractivity contribution in [3.8, 4) is 0 Å². The van der Waals surface area contributed by atoms with Crippen LogP contribution in [0.5, 0.6) is 0 Å². The van der Waals surface area contributed by atoms with Gasteiger partial charge in [0.15, 0.2) is 9.84 Å². The van der Waals surface area contributed by atoms with E-state index in [1.807, 2.05) is 0 Å². The summed E-state index contributed by atoms with van der Waals surface area (Å²) in [5, 5.41) is 3.06. The number of nitrogens with one attached hydrogen (secondary N) is 1. The predicted molar refractivity (Wildman–Crippen MR) is 84.6 cm³/mol. The second-order valence-corrected chi connectivity index (χ2v) is 8.22. The van der Waals surface area contributed by atoms with Crippen LogP contribution in [0.25, 0.3) is 0 Å². The average molecular weight is 322 g/mol. The predicted octanol–water partition coefficient (Wildman–Crippen LogP) is 1.45. The Morgan fingerprint density at radius 1 is 1.18 bits per heavy atom. The van der Waals surface area contributed by atoms with Crippen molar-refractivity contribution in [3.63, 3.8) is 0 Å². The minimum atomic E-state index is -3.41. The van der Waals surface area contributed by atoms with Gasteiger partial charge in [0.1, 0.15) is 0 Å². The van der Waals surface area contributed by atoms with Gasteiger partial charge in [-0.2, -0.15) is 0 Å². The molecule has 1 amide bonds. The molecular weight excluding hydrogens is 300 g/mol.